The van der Waals surface area contributed by atoms with Crippen LogP contribution < -0.4 is 10.3 Å². The zero-order valence-electron chi connectivity index (χ0n) is 13.2. The molecule has 128 valence electrons. The van der Waals surface area contributed by atoms with Crippen molar-refractivity contribution in [3.8, 4) is 5.75 Å². The van der Waals surface area contributed by atoms with Crippen molar-refractivity contribution in [1.82, 2.24) is 10.2 Å². The minimum Gasteiger partial charge on any atom is -0.490 e. The Kier molecular flexibility index (Phi) is 5.03. The van der Waals surface area contributed by atoms with Crippen molar-refractivity contribution in [3.63, 3.8) is 0 Å². The molecular weight excluding hydrogens is 327 g/mol. The van der Waals surface area contributed by atoms with Crippen LogP contribution >= 0.6 is 0 Å². The van der Waals surface area contributed by atoms with Gasteiger partial charge in [0.1, 0.15) is 24.8 Å². The molecule has 0 amide bonds. The Balaban J connectivity index is 1.54. The summed E-state index contributed by atoms with van der Waals surface area (Å²) in [4.78, 5) is 23.6. The van der Waals surface area contributed by atoms with Gasteiger partial charge in [-0.1, -0.05) is 18.2 Å². The van der Waals surface area contributed by atoms with E-state index in [-0.39, 0.29) is 31.0 Å². The number of esters is 1. The van der Waals surface area contributed by atoms with Gasteiger partial charge in [-0.3, -0.25) is 9.59 Å². The molecule has 3 rings (SSSR count). The highest BCUT2D eigenvalue weighted by Gasteiger charge is 2.11. The molecule has 3 aromatic rings. The molecule has 0 aliphatic rings. The normalized spacial score (nSPS) is 10.6. The van der Waals surface area contributed by atoms with E-state index in [4.69, 9.17) is 9.47 Å². The number of nitrogens with zero attached hydrogens (tertiary/aromatic N) is 1. The number of carbonyl (C=O) groups is 1. The molecule has 6 nitrogen and oxygen atoms in total. The summed E-state index contributed by atoms with van der Waals surface area (Å²) in [5, 5.41) is 7.39. The molecule has 0 fully saturated rings. The molecule has 0 atom stereocenters. The maximum Gasteiger partial charge on any atom is 0.312 e. The van der Waals surface area contributed by atoms with E-state index in [0.717, 1.165) is 0 Å². The van der Waals surface area contributed by atoms with Gasteiger partial charge in [-0.15, -0.1) is 0 Å². The van der Waals surface area contributed by atoms with Crippen molar-refractivity contribution >= 4 is 16.7 Å². The van der Waals surface area contributed by atoms with Crippen LogP contribution in [0.4, 0.5) is 4.39 Å². The lowest BCUT2D eigenvalue weighted by Gasteiger charge is -2.08. The molecular formula is C18H15FN2O4. The minimum absolute atomic E-state index is 0.0531. The van der Waals surface area contributed by atoms with Crippen LogP contribution in [0.25, 0.3) is 10.8 Å². The summed E-state index contributed by atoms with van der Waals surface area (Å²) in [5.74, 6) is -0.336. The summed E-state index contributed by atoms with van der Waals surface area (Å²) in [7, 11) is 0. The van der Waals surface area contributed by atoms with Gasteiger partial charge in [-0.05, 0) is 30.3 Å². The second-order valence-electron chi connectivity index (χ2n) is 5.24. The zero-order chi connectivity index (χ0) is 17.6. The number of ether oxygens (including phenoxy) is 2. The third-order valence-corrected chi connectivity index (χ3v) is 3.52. The predicted molar refractivity (Wildman–Crippen MR) is 88.9 cm³/mol. The first kappa shape index (κ1) is 16.6. The van der Waals surface area contributed by atoms with Gasteiger partial charge in [-0.2, -0.15) is 5.10 Å². The molecule has 25 heavy (non-hydrogen) atoms. The molecule has 2 aromatic carbocycles. The predicted octanol–water partition coefficient (Wildman–Crippen LogP) is 2.23. The number of halogens is 1. The van der Waals surface area contributed by atoms with E-state index >= 15 is 0 Å². The van der Waals surface area contributed by atoms with Crippen LogP contribution in [-0.2, 0) is 16.0 Å². The fourth-order valence-electron chi connectivity index (χ4n) is 2.34. The molecule has 0 spiro atoms. The monoisotopic (exact) mass is 342 g/mol. The summed E-state index contributed by atoms with van der Waals surface area (Å²) in [6, 6.07) is 12.5. The molecule has 0 radical (unpaired) electrons. The number of nitrogens with one attached hydrogen (secondary N) is 1. The largest absolute Gasteiger partial charge is 0.490 e. The maximum absolute atomic E-state index is 12.8. The molecule has 0 saturated heterocycles. The Morgan fingerprint density at radius 3 is 2.52 bits per heavy atom. The number of hydrogen-bond donors (Lipinski definition) is 1. The molecule has 1 aromatic heterocycles. The Morgan fingerprint density at radius 1 is 1.04 bits per heavy atom. The number of hydrogen-bond acceptors (Lipinski definition) is 5. The van der Waals surface area contributed by atoms with Gasteiger partial charge in [0.15, 0.2) is 0 Å². The third kappa shape index (κ3) is 4.20. The lowest BCUT2D eigenvalue weighted by molar-refractivity contribution is -0.143. The van der Waals surface area contributed by atoms with Gasteiger partial charge in [0.05, 0.1) is 17.5 Å². The van der Waals surface area contributed by atoms with Crippen molar-refractivity contribution in [2.24, 2.45) is 0 Å². The van der Waals surface area contributed by atoms with Crippen molar-refractivity contribution < 1.29 is 18.7 Å². The highest BCUT2D eigenvalue weighted by atomic mass is 19.1. The lowest BCUT2D eigenvalue weighted by atomic mass is 10.1. The van der Waals surface area contributed by atoms with Gasteiger partial charge in [0.25, 0.3) is 5.56 Å². The molecule has 7 heteroatoms. The van der Waals surface area contributed by atoms with E-state index in [9.17, 15) is 14.0 Å². The molecule has 0 unspecified atom stereocenters. The van der Waals surface area contributed by atoms with Crippen LogP contribution in [0.2, 0.25) is 0 Å². The fraction of sp³-hybridized carbons (Fsp3) is 0.167. The molecule has 0 saturated carbocycles. The smallest absolute Gasteiger partial charge is 0.312 e. The van der Waals surface area contributed by atoms with Crippen LogP contribution in [0.1, 0.15) is 5.69 Å². The number of H-pyrrole nitrogens is 1. The molecule has 0 bridgehead atoms. The van der Waals surface area contributed by atoms with Crippen molar-refractivity contribution in [2.75, 3.05) is 13.2 Å². The van der Waals surface area contributed by atoms with E-state index in [1.54, 1.807) is 24.3 Å². The van der Waals surface area contributed by atoms with Crippen LogP contribution in [0.5, 0.6) is 5.75 Å². The first-order valence-corrected chi connectivity index (χ1v) is 7.64. The Labute approximate surface area is 142 Å². The number of benzene rings is 2. The molecule has 0 aliphatic heterocycles. The van der Waals surface area contributed by atoms with Crippen molar-refractivity contribution in [2.45, 2.75) is 6.42 Å². The number of carbonyl (C=O) groups excluding carboxylic acids is 1. The van der Waals surface area contributed by atoms with Crippen molar-refractivity contribution in [1.29, 1.82) is 0 Å². The average molecular weight is 342 g/mol. The number of aromatic amines is 1. The second kappa shape index (κ2) is 7.57. The summed E-state index contributed by atoms with van der Waals surface area (Å²) in [6.07, 6.45) is -0.0617. The summed E-state index contributed by atoms with van der Waals surface area (Å²) in [6.45, 7) is 0.203. The first-order valence-electron chi connectivity index (χ1n) is 7.64. The highest BCUT2D eigenvalue weighted by Crippen LogP contribution is 2.13. The van der Waals surface area contributed by atoms with Crippen LogP contribution in [0.15, 0.2) is 53.3 Å². The van der Waals surface area contributed by atoms with E-state index in [0.29, 0.717) is 22.2 Å². The third-order valence-electron chi connectivity index (χ3n) is 3.52. The van der Waals surface area contributed by atoms with E-state index in [2.05, 4.69) is 10.2 Å². The van der Waals surface area contributed by atoms with Gasteiger partial charge < -0.3 is 9.47 Å². The second-order valence-corrected chi connectivity index (χ2v) is 5.24. The maximum atomic E-state index is 12.8. The molecule has 0 aliphatic carbocycles. The van der Waals surface area contributed by atoms with Crippen LogP contribution in [0.3, 0.4) is 0 Å². The molecule has 1 N–H and O–H groups in total. The van der Waals surface area contributed by atoms with Gasteiger partial charge >= 0.3 is 5.97 Å². The number of fused-ring (bicyclic) bond motifs is 1. The van der Waals surface area contributed by atoms with Gasteiger partial charge in [-0.25, -0.2) is 9.49 Å². The first-order chi connectivity index (χ1) is 12.1. The summed E-state index contributed by atoms with van der Waals surface area (Å²) >= 11 is 0. The average Bonchev–Trinajstić information content (AvgIpc) is 2.63. The van der Waals surface area contributed by atoms with E-state index in [1.807, 2.05) is 0 Å². The zero-order valence-corrected chi connectivity index (χ0v) is 13.2. The molecule has 1 heterocycles. The van der Waals surface area contributed by atoms with Gasteiger partial charge in [0, 0.05) is 5.39 Å². The van der Waals surface area contributed by atoms with E-state index in [1.165, 1.54) is 24.3 Å². The number of rotatable bonds is 6. The van der Waals surface area contributed by atoms with E-state index < -0.39 is 5.97 Å². The van der Waals surface area contributed by atoms with Crippen molar-refractivity contribution in [3.05, 3.63) is 70.4 Å². The Morgan fingerprint density at radius 2 is 1.76 bits per heavy atom. The number of aromatic nitrogens is 2. The summed E-state index contributed by atoms with van der Waals surface area (Å²) < 4.78 is 23.2. The quantitative estimate of drug-likeness (QED) is 0.549. The van der Waals surface area contributed by atoms with Crippen LogP contribution in [0, 0.1) is 5.82 Å². The Bertz CT molecular complexity index is 938. The fourth-order valence-corrected chi connectivity index (χ4v) is 2.34. The minimum atomic E-state index is -0.479. The van der Waals surface area contributed by atoms with Gasteiger partial charge in [0.2, 0.25) is 0 Å². The topological polar surface area (TPSA) is 81.3 Å². The van der Waals surface area contributed by atoms with Crippen LogP contribution in [-0.4, -0.2) is 29.4 Å². The Hall–Kier alpha value is -3.22. The SMILES string of the molecule is O=C(Cc1n[nH]c(=O)c2ccccc12)OCCOc1ccc(F)cc1. The highest BCUT2D eigenvalue weighted by molar-refractivity contribution is 5.86. The summed E-state index contributed by atoms with van der Waals surface area (Å²) in [5.41, 5.74) is 0.139. The lowest BCUT2D eigenvalue weighted by Crippen LogP contribution is -2.17. The standard InChI is InChI=1S/C18H15FN2O4/c19-12-5-7-13(8-6-12)24-9-10-25-17(22)11-16-14-3-1-2-4-15(14)18(23)21-20-16/h1-8H,9-11H2,(H,21,23).